The van der Waals surface area contributed by atoms with Crippen LogP contribution < -0.4 is 14.9 Å². The number of ether oxygens (including phenoxy) is 2. The van der Waals surface area contributed by atoms with E-state index in [4.69, 9.17) is 44.3 Å². The Balaban J connectivity index is 1.50. The number of hydrogen-bond donors (Lipinski definition) is 1. The number of amides is 1. The van der Waals surface area contributed by atoms with E-state index in [0.717, 1.165) is 10.8 Å². The second-order valence-electron chi connectivity index (χ2n) is 7.23. The summed E-state index contributed by atoms with van der Waals surface area (Å²) in [5, 5.41) is 6.76. The lowest BCUT2D eigenvalue weighted by molar-refractivity contribution is -0.123. The summed E-state index contributed by atoms with van der Waals surface area (Å²) in [5.74, 6) is -0.507. The molecule has 0 bridgehead atoms. The van der Waals surface area contributed by atoms with Crippen LogP contribution in [0.1, 0.15) is 15.9 Å². The number of carbonyl (C=O) groups excluding carboxylic acids is 2. The lowest BCUT2D eigenvalue weighted by Crippen LogP contribution is -2.24. The maximum Gasteiger partial charge on any atom is 0.343 e. The summed E-state index contributed by atoms with van der Waals surface area (Å²) in [7, 11) is 0. The van der Waals surface area contributed by atoms with Crippen LogP contribution >= 0.6 is 34.8 Å². The molecule has 0 aliphatic carbocycles. The quantitative estimate of drug-likeness (QED) is 0.128. The van der Waals surface area contributed by atoms with Crippen LogP contribution in [0.4, 0.5) is 0 Å². The predicted molar refractivity (Wildman–Crippen MR) is 138 cm³/mol. The van der Waals surface area contributed by atoms with Crippen LogP contribution in [-0.4, -0.2) is 24.7 Å². The van der Waals surface area contributed by atoms with Crippen molar-refractivity contribution in [1.82, 2.24) is 5.43 Å². The Hall–Kier alpha value is -3.58. The van der Waals surface area contributed by atoms with Crippen LogP contribution in [0.15, 0.2) is 84.0 Å². The highest BCUT2D eigenvalue weighted by atomic mass is 35.5. The maximum absolute atomic E-state index is 12.7. The maximum atomic E-state index is 12.7. The van der Waals surface area contributed by atoms with Crippen molar-refractivity contribution in [3.8, 4) is 11.5 Å². The third kappa shape index (κ3) is 6.11. The lowest BCUT2D eigenvalue weighted by Gasteiger charge is -2.11. The normalized spacial score (nSPS) is 10.9. The summed E-state index contributed by atoms with van der Waals surface area (Å²) in [5.41, 5.74) is 3.25. The van der Waals surface area contributed by atoms with Gasteiger partial charge in [-0.15, -0.1) is 0 Å². The van der Waals surface area contributed by atoms with Crippen molar-refractivity contribution < 1.29 is 19.1 Å². The molecular formula is C26H17Cl3N2O4. The molecule has 0 heterocycles. The van der Waals surface area contributed by atoms with Gasteiger partial charge in [0.2, 0.25) is 0 Å². The van der Waals surface area contributed by atoms with Gasteiger partial charge in [0.25, 0.3) is 5.91 Å². The molecule has 1 N–H and O–H groups in total. The number of fused-ring (bicyclic) bond motifs is 1. The van der Waals surface area contributed by atoms with Gasteiger partial charge in [0.05, 0.1) is 16.8 Å². The fourth-order valence-electron chi connectivity index (χ4n) is 3.18. The van der Waals surface area contributed by atoms with Crippen molar-refractivity contribution in [2.75, 3.05) is 6.61 Å². The van der Waals surface area contributed by atoms with Crippen LogP contribution in [-0.2, 0) is 4.79 Å². The van der Waals surface area contributed by atoms with E-state index in [0.29, 0.717) is 21.2 Å². The molecule has 0 saturated carbocycles. The van der Waals surface area contributed by atoms with Gasteiger partial charge >= 0.3 is 5.97 Å². The molecule has 4 aromatic carbocycles. The van der Waals surface area contributed by atoms with Crippen molar-refractivity contribution in [1.29, 1.82) is 0 Å². The molecule has 0 fully saturated rings. The van der Waals surface area contributed by atoms with Crippen molar-refractivity contribution in [3.63, 3.8) is 0 Å². The van der Waals surface area contributed by atoms with E-state index in [1.807, 2.05) is 30.3 Å². The van der Waals surface area contributed by atoms with Crippen molar-refractivity contribution in [2.45, 2.75) is 0 Å². The van der Waals surface area contributed by atoms with Gasteiger partial charge in [-0.2, -0.15) is 5.10 Å². The molecule has 0 aromatic heterocycles. The molecular weight excluding hydrogens is 511 g/mol. The zero-order valence-corrected chi connectivity index (χ0v) is 20.3. The molecule has 0 saturated heterocycles. The molecule has 35 heavy (non-hydrogen) atoms. The fourth-order valence-corrected chi connectivity index (χ4v) is 3.65. The van der Waals surface area contributed by atoms with Gasteiger partial charge in [0, 0.05) is 10.6 Å². The fraction of sp³-hybridized carbons (Fsp3) is 0.0385. The second kappa shape index (κ2) is 11.2. The number of benzene rings is 4. The second-order valence-corrected chi connectivity index (χ2v) is 8.45. The first-order valence-electron chi connectivity index (χ1n) is 10.3. The van der Waals surface area contributed by atoms with Gasteiger partial charge in [-0.3, -0.25) is 4.79 Å². The molecule has 6 nitrogen and oxygen atoms in total. The van der Waals surface area contributed by atoms with E-state index < -0.39 is 11.9 Å². The van der Waals surface area contributed by atoms with E-state index in [9.17, 15) is 9.59 Å². The molecule has 0 unspecified atom stereocenters. The number of rotatable bonds is 7. The first-order chi connectivity index (χ1) is 16.9. The highest BCUT2D eigenvalue weighted by molar-refractivity contribution is 6.42. The molecule has 0 aliphatic heterocycles. The monoisotopic (exact) mass is 526 g/mol. The molecule has 4 aromatic rings. The van der Waals surface area contributed by atoms with E-state index in [2.05, 4.69) is 10.5 Å². The number of nitrogens with zero attached hydrogens (tertiary/aromatic N) is 1. The molecule has 0 radical (unpaired) electrons. The number of nitrogens with one attached hydrogen (secondary N) is 1. The number of halogens is 3. The van der Waals surface area contributed by atoms with Crippen molar-refractivity contribution in [3.05, 3.63) is 105 Å². The molecule has 0 aliphatic rings. The minimum Gasteiger partial charge on any atom is -0.482 e. The number of hydrogen-bond acceptors (Lipinski definition) is 5. The molecule has 9 heteroatoms. The molecule has 0 spiro atoms. The van der Waals surface area contributed by atoms with Gasteiger partial charge in [0.15, 0.2) is 6.61 Å². The minimum absolute atomic E-state index is 0.216. The Labute approximate surface area is 216 Å². The molecule has 176 valence electrons. The van der Waals surface area contributed by atoms with Crippen molar-refractivity contribution >= 4 is 63.7 Å². The number of carbonyl (C=O) groups is 2. The predicted octanol–water partition coefficient (Wildman–Crippen LogP) is 6.55. The van der Waals surface area contributed by atoms with E-state index in [1.54, 1.807) is 48.5 Å². The Bertz CT molecular complexity index is 1420. The van der Waals surface area contributed by atoms with Crippen molar-refractivity contribution in [2.24, 2.45) is 5.10 Å². The Morgan fingerprint density at radius 2 is 1.63 bits per heavy atom. The van der Waals surface area contributed by atoms with E-state index >= 15 is 0 Å². The van der Waals surface area contributed by atoms with Gasteiger partial charge in [-0.25, -0.2) is 10.2 Å². The zero-order chi connectivity index (χ0) is 24.8. The smallest absolute Gasteiger partial charge is 0.343 e. The van der Waals surface area contributed by atoms with Crippen LogP contribution in [0.25, 0.3) is 10.8 Å². The summed E-state index contributed by atoms with van der Waals surface area (Å²) in [6.45, 7) is -0.328. The minimum atomic E-state index is -0.553. The summed E-state index contributed by atoms with van der Waals surface area (Å²) < 4.78 is 11.0. The largest absolute Gasteiger partial charge is 0.482 e. The molecule has 4 rings (SSSR count). The third-order valence-corrected chi connectivity index (χ3v) is 5.92. The van der Waals surface area contributed by atoms with Gasteiger partial charge < -0.3 is 9.47 Å². The standard InChI is InChI=1S/C26H17Cl3N2O4/c27-18-11-8-17(9-12-18)26(33)35-22-13-10-16-4-1-2-5-19(16)20(22)14-30-31-24(32)15-34-23-7-3-6-21(28)25(23)29/h1-14H,15H2,(H,31,32)/b30-14-. The third-order valence-electron chi connectivity index (χ3n) is 4.87. The first-order valence-corrected chi connectivity index (χ1v) is 11.4. The van der Waals surface area contributed by atoms with Gasteiger partial charge in [-0.05, 0) is 53.2 Å². The summed E-state index contributed by atoms with van der Waals surface area (Å²) in [6.07, 6.45) is 1.41. The van der Waals surface area contributed by atoms with Crippen LogP contribution in [0.2, 0.25) is 15.1 Å². The lowest BCUT2D eigenvalue weighted by atomic mass is 10.0. The topological polar surface area (TPSA) is 77.0 Å². The van der Waals surface area contributed by atoms with Crippen LogP contribution in [0, 0.1) is 0 Å². The Morgan fingerprint density at radius 1 is 0.857 bits per heavy atom. The van der Waals surface area contributed by atoms with Crippen LogP contribution in [0.5, 0.6) is 11.5 Å². The van der Waals surface area contributed by atoms with E-state index in [-0.39, 0.29) is 23.1 Å². The average molecular weight is 528 g/mol. The zero-order valence-electron chi connectivity index (χ0n) is 18.0. The van der Waals surface area contributed by atoms with E-state index in [1.165, 1.54) is 6.21 Å². The number of esters is 1. The van der Waals surface area contributed by atoms with Gasteiger partial charge in [-0.1, -0.05) is 71.2 Å². The molecule has 1 amide bonds. The Morgan fingerprint density at radius 3 is 2.43 bits per heavy atom. The Kier molecular flexibility index (Phi) is 7.87. The van der Waals surface area contributed by atoms with Gasteiger partial charge in [0.1, 0.15) is 16.5 Å². The summed E-state index contributed by atoms with van der Waals surface area (Å²) in [4.78, 5) is 24.9. The highest BCUT2D eigenvalue weighted by Crippen LogP contribution is 2.31. The summed E-state index contributed by atoms with van der Waals surface area (Å²) in [6, 6.07) is 22.3. The highest BCUT2D eigenvalue weighted by Gasteiger charge is 2.14. The van der Waals surface area contributed by atoms with Crippen LogP contribution in [0.3, 0.4) is 0 Å². The summed E-state index contributed by atoms with van der Waals surface area (Å²) >= 11 is 17.9. The first kappa shape index (κ1) is 24.5. The SMILES string of the molecule is O=C(COc1cccc(Cl)c1Cl)N/N=C\c1c(OC(=O)c2ccc(Cl)cc2)ccc2ccccc12. The number of hydrazone groups is 1. The molecule has 0 atom stereocenters. The average Bonchev–Trinajstić information content (AvgIpc) is 2.86.